The molecule has 3 heteroatoms. The Morgan fingerprint density at radius 1 is 1.20 bits per heavy atom. The molecule has 0 aliphatic rings. The molecule has 20 heavy (non-hydrogen) atoms. The molecule has 1 radical (unpaired) electrons. The second-order valence-electron chi connectivity index (χ2n) is 4.53. The highest BCUT2D eigenvalue weighted by Gasteiger charge is 2.07. The molecule has 3 nitrogen and oxygen atoms in total. The number of amides is 1. The van der Waals surface area contributed by atoms with E-state index in [0.29, 0.717) is 0 Å². The van der Waals surface area contributed by atoms with Crippen LogP contribution in [0.15, 0.2) is 48.5 Å². The zero-order valence-corrected chi connectivity index (χ0v) is 11.6. The average molecular weight is 268 g/mol. The minimum absolute atomic E-state index is 0.262. The lowest BCUT2D eigenvalue weighted by atomic mass is 10.1. The molecule has 1 N–H and O–H groups in total. The van der Waals surface area contributed by atoms with Crippen LogP contribution in [0, 0.1) is 6.92 Å². The average Bonchev–Trinajstić information content (AvgIpc) is 2.46. The van der Waals surface area contributed by atoms with E-state index in [2.05, 4.69) is 12.2 Å². The van der Waals surface area contributed by atoms with E-state index < -0.39 is 6.09 Å². The van der Waals surface area contributed by atoms with Crippen molar-refractivity contribution in [3.63, 3.8) is 0 Å². The van der Waals surface area contributed by atoms with Crippen molar-refractivity contribution in [2.45, 2.75) is 20.0 Å². The van der Waals surface area contributed by atoms with E-state index in [-0.39, 0.29) is 6.61 Å². The van der Waals surface area contributed by atoms with Crippen LogP contribution in [0.1, 0.15) is 23.6 Å². The van der Waals surface area contributed by atoms with Gasteiger partial charge in [0.2, 0.25) is 0 Å². The van der Waals surface area contributed by atoms with Crippen molar-refractivity contribution < 1.29 is 9.53 Å². The molecular formula is C17H18NO2. The Kier molecular flexibility index (Phi) is 4.77. The molecule has 2 aromatic carbocycles. The first-order valence-corrected chi connectivity index (χ1v) is 6.61. The van der Waals surface area contributed by atoms with Crippen molar-refractivity contribution >= 4 is 11.8 Å². The van der Waals surface area contributed by atoms with Crippen LogP contribution in [-0.4, -0.2) is 6.09 Å². The summed E-state index contributed by atoms with van der Waals surface area (Å²) in [5, 5.41) is 2.77. The van der Waals surface area contributed by atoms with Crippen LogP contribution in [0.3, 0.4) is 0 Å². The van der Waals surface area contributed by atoms with Crippen LogP contribution in [0.5, 0.6) is 0 Å². The van der Waals surface area contributed by atoms with Gasteiger partial charge in [-0.2, -0.15) is 0 Å². The van der Waals surface area contributed by atoms with Gasteiger partial charge >= 0.3 is 6.09 Å². The third-order valence-electron chi connectivity index (χ3n) is 3.00. The lowest BCUT2D eigenvalue weighted by molar-refractivity contribution is 0.155. The minimum atomic E-state index is -0.450. The van der Waals surface area contributed by atoms with Crippen molar-refractivity contribution in [3.05, 3.63) is 72.1 Å². The van der Waals surface area contributed by atoms with E-state index in [4.69, 9.17) is 4.74 Å². The molecule has 2 rings (SSSR count). The SMILES string of the molecule is [CH2]c1ccc(CC)c(NC(=O)OCc2ccccc2)c1. The number of aryl methyl sites for hydroxylation is 1. The molecule has 1 amide bonds. The smallest absolute Gasteiger partial charge is 0.411 e. The van der Waals surface area contributed by atoms with Gasteiger partial charge in [-0.1, -0.05) is 49.4 Å². The second kappa shape index (κ2) is 6.75. The van der Waals surface area contributed by atoms with Gasteiger partial charge in [0.25, 0.3) is 0 Å². The molecule has 0 fully saturated rings. The van der Waals surface area contributed by atoms with Crippen LogP contribution in [0.25, 0.3) is 0 Å². The van der Waals surface area contributed by atoms with E-state index in [0.717, 1.165) is 28.8 Å². The number of nitrogens with one attached hydrogen (secondary N) is 1. The Balaban J connectivity index is 1.96. The first-order valence-electron chi connectivity index (χ1n) is 6.61. The summed E-state index contributed by atoms with van der Waals surface area (Å²) < 4.78 is 5.20. The number of benzene rings is 2. The number of rotatable bonds is 4. The van der Waals surface area contributed by atoms with E-state index >= 15 is 0 Å². The molecule has 0 aliphatic carbocycles. The van der Waals surface area contributed by atoms with Gasteiger partial charge in [-0.15, -0.1) is 0 Å². The molecule has 2 aromatic rings. The van der Waals surface area contributed by atoms with Crippen LogP contribution < -0.4 is 5.32 Å². The quantitative estimate of drug-likeness (QED) is 0.903. The predicted octanol–water partition coefficient (Wildman–Crippen LogP) is 4.18. The maximum atomic E-state index is 11.8. The Morgan fingerprint density at radius 3 is 2.65 bits per heavy atom. The number of hydrogen-bond donors (Lipinski definition) is 1. The third-order valence-corrected chi connectivity index (χ3v) is 3.00. The van der Waals surface area contributed by atoms with Crippen molar-refractivity contribution in [1.29, 1.82) is 0 Å². The highest BCUT2D eigenvalue weighted by Crippen LogP contribution is 2.18. The van der Waals surface area contributed by atoms with Crippen LogP contribution in [0.4, 0.5) is 10.5 Å². The molecule has 0 atom stereocenters. The molecule has 0 saturated carbocycles. The Hall–Kier alpha value is -2.29. The summed E-state index contributed by atoms with van der Waals surface area (Å²) in [6, 6.07) is 15.3. The highest BCUT2D eigenvalue weighted by molar-refractivity contribution is 5.85. The van der Waals surface area contributed by atoms with Crippen molar-refractivity contribution in [3.8, 4) is 0 Å². The van der Waals surface area contributed by atoms with Gasteiger partial charge in [-0.3, -0.25) is 5.32 Å². The molecule has 0 bridgehead atoms. The standard InChI is InChI=1S/C17H18NO2/c1-3-15-10-9-13(2)11-16(15)18-17(19)20-12-14-7-5-4-6-8-14/h4-11H,2-3,12H2,1H3,(H,18,19). The van der Waals surface area contributed by atoms with Gasteiger partial charge in [0, 0.05) is 5.69 Å². The zero-order valence-electron chi connectivity index (χ0n) is 11.6. The fraction of sp³-hybridized carbons (Fsp3) is 0.176. The zero-order chi connectivity index (χ0) is 14.4. The highest BCUT2D eigenvalue weighted by atomic mass is 16.5. The summed E-state index contributed by atoms with van der Waals surface area (Å²) in [5.74, 6) is 0. The van der Waals surface area contributed by atoms with Gasteiger partial charge in [-0.25, -0.2) is 4.79 Å². The van der Waals surface area contributed by atoms with E-state index in [1.807, 2.05) is 55.5 Å². The number of carbonyl (C=O) groups excluding carboxylic acids is 1. The van der Waals surface area contributed by atoms with Gasteiger partial charge in [0.15, 0.2) is 0 Å². The van der Waals surface area contributed by atoms with E-state index in [1.54, 1.807) is 0 Å². The first kappa shape index (κ1) is 14.1. The molecule has 0 heterocycles. The Morgan fingerprint density at radius 2 is 1.95 bits per heavy atom. The summed E-state index contributed by atoms with van der Waals surface area (Å²) in [6.07, 6.45) is 0.392. The third kappa shape index (κ3) is 3.85. The lowest BCUT2D eigenvalue weighted by Gasteiger charge is -2.11. The molecule has 0 spiro atoms. The second-order valence-corrected chi connectivity index (χ2v) is 4.53. The number of carbonyl (C=O) groups is 1. The minimum Gasteiger partial charge on any atom is -0.444 e. The first-order chi connectivity index (χ1) is 9.69. The van der Waals surface area contributed by atoms with Crippen LogP contribution >= 0.6 is 0 Å². The maximum Gasteiger partial charge on any atom is 0.411 e. The number of anilines is 1. The van der Waals surface area contributed by atoms with Crippen molar-refractivity contribution in [2.75, 3.05) is 5.32 Å². The van der Waals surface area contributed by atoms with Gasteiger partial charge in [-0.05, 0) is 36.1 Å². The topological polar surface area (TPSA) is 38.3 Å². The predicted molar refractivity (Wildman–Crippen MR) is 80.5 cm³/mol. The molecule has 0 unspecified atom stereocenters. The molecular weight excluding hydrogens is 250 g/mol. The summed E-state index contributed by atoms with van der Waals surface area (Å²) in [7, 11) is 0. The monoisotopic (exact) mass is 268 g/mol. The lowest BCUT2D eigenvalue weighted by Crippen LogP contribution is -2.14. The van der Waals surface area contributed by atoms with Crippen LogP contribution in [0.2, 0.25) is 0 Å². The maximum absolute atomic E-state index is 11.8. The molecule has 103 valence electrons. The van der Waals surface area contributed by atoms with Crippen LogP contribution in [-0.2, 0) is 17.8 Å². The molecule has 0 saturated heterocycles. The number of hydrogen-bond acceptors (Lipinski definition) is 2. The molecule has 0 aliphatic heterocycles. The van der Waals surface area contributed by atoms with Gasteiger partial charge in [0.1, 0.15) is 6.61 Å². The van der Waals surface area contributed by atoms with Gasteiger partial charge in [0.05, 0.1) is 0 Å². The summed E-state index contributed by atoms with van der Waals surface area (Å²) in [5.41, 5.74) is 3.65. The van der Waals surface area contributed by atoms with Crippen molar-refractivity contribution in [2.24, 2.45) is 0 Å². The van der Waals surface area contributed by atoms with E-state index in [9.17, 15) is 4.79 Å². The molecule has 0 aromatic heterocycles. The Bertz CT molecular complexity index is 579. The Labute approximate surface area is 119 Å². The van der Waals surface area contributed by atoms with Crippen molar-refractivity contribution in [1.82, 2.24) is 0 Å². The van der Waals surface area contributed by atoms with E-state index in [1.165, 1.54) is 0 Å². The summed E-state index contributed by atoms with van der Waals surface area (Å²) in [4.78, 5) is 11.8. The summed E-state index contributed by atoms with van der Waals surface area (Å²) >= 11 is 0. The van der Waals surface area contributed by atoms with Gasteiger partial charge < -0.3 is 4.74 Å². The largest absolute Gasteiger partial charge is 0.444 e. The summed E-state index contributed by atoms with van der Waals surface area (Å²) in [6.45, 7) is 6.17. The number of ether oxygens (including phenoxy) is 1. The normalized spacial score (nSPS) is 10.1. The fourth-order valence-electron chi connectivity index (χ4n) is 1.92. The fourth-order valence-corrected chi connectivity index (χ4v) is 1.92.